The Kier molecular flexibility index (Phi) is 6.28. The van der Waals surface area contributed by atoms with Crippen molar-refractivity contribution in [3.63, 3.8) is 0 Å². The van der Waals surface area contributed by atoms with Crippen LogP contribution >= 0.6 is 0 Å². The fourth-order valence-electron chi connectivity index (χ4n) is 2.69. The number of nitrogens with zero attached hydrogens (tertiary/aromatic N) is 1. The number of amides is 2. The van der Waals surface area contributed by atoms with Crippen LogP contribution in [0.25, 0.3) is 0 Å². The molecule has 4 nitrogen and oxygen atoms in total. The van der Waals surface area contributed by atoms with Crippen LogP contribution in [0, 0.1) is 19.7 Å². The maximum absolute atomic E-state index is 13.8. The molecule has 2 aromatic rings. The van der Waals surface area contributed by atoms with E-state index in [4.69, 9.17) is 0 Å². The molecular formula is C20H23FN2O2. The molecule has 0 radical (unpaired) electrons. The second-order valence-corrected chi connectivity index (χ2v) is 6.21. The SMILES string of the molecule is CC(=O)N(CCC(=O)Nc1cc(C)cc(C)c1)Cc1ccccc1F. The molecule has 0 aromatic heterocycles. The lowest BCUT2D eigenvalue weighted by atomic mass is 10.1. The molecule has 0 aliphatic rings. The minimum Gasteiger partial charge on any atom is -0.338 e. The number of hydrogen-bond donors (Lipinski definition) is 1. The summed E-state index contributed by atoms with van der Waals surface area (Å²) in [5, 5.41) is 2.84. The average molecular weight is 342 g/mol. The number of carbonyl (C=O) groups excluding carboxylic acids is 2. The van der Waals surface area contributed by atoms with Gasteiger partial charge in [0, 0.05) is 37.7 Å². The van der Waals surface area contributed by atoms with Crippen molar-refractivity contribution in [2.75, 3.05) is 11.9 Å². The number of aryl methyl sites for hydroxylation is 2. The highest BCUT2D eigenvalue weighted by Crippen LogP contribution is 2.14. The van der Waals surface area contributed by atoms with Crippen LogP contribution < -0.4 is 5.32 Å². The molecule has 0 bridgehead atoms. The van der Waals surface area contributed by atoms with Crippen LogP contribution in [0.2, 0.25) is 0 Å². The summed E-state index contributed by atoms with van der Waals surface area (Å²) in [7, 11) is 0. The highest BCUT2D eigenvalue weighted by atomic mass is 19.1. The summed E-state index contributed by atoms with van der Waals surface area (Å²) in [6.07, 6.45) is 0.154. The fraction of sp³-hybridized carbons (Fsp3) is 0.300. The van der Waals surface area contributed by atoms with Gasteiger partial charge in [0.2, 0.25) is 11.8 Å². The Morgan fingerprint density at radius 1 is 1.08 bits per heavy atom. The van der Waals surface area contributed by atoms with E-state index in [2.05, 4.69) is 5.32 Å². The Morgan fingerprint density at radius 2 is 1.72 bits per heavy atom. The third-order valence-electron chi connectivity index (χ3n) is 3.88. The number of hydrogen-bond acceptors (Lipinski definition) is 2. The Bertz CT molecular complexity index is 754. The molecule has 2 aromatic carbocycles. The largest absolute Gasteiger partial charge is 0.338 e. The molecule has 0 heterocycles. The monoisotopic (exact) mass is 342 g/mol. The summed E-state index contributed by atoms with van der Waals surface area (Å²) in [5.41, 5.74) is 3.32. The van der Waals surface area contributed by atoms with Crippen LogP contribution in [-0.2, 0) is 16.1 Å². The first-order valence-electron chi connectivity index (χ1n) is 8.22. The van der Waals surface area contributed by atoms with Crippen molar-refractivity contribution in [3.8, 4) is 0 Å². The van der Waals surface area contributed by atoms with Gasteiger partial charge in [-0.05, 0) is 43.2 Å². The van der Waals surface area contributed by atoms with Gasteiger partial charge >= 0.3 is 0 Å². The topological polar surface area (TPSA) is 49.4 Å². The van der Waals surface area contributed by atoms with Crippen molar-refractivity contribution < 1.29 is 14.0 Å². The van der Waals surface area contributed by atoms with Gasteiger partial charge in [-0.2, -0.15) is 0 Å². The van der Waals surface area contributed by atoms with Gasteiger partial charge in [0.05, 0.1) is 0 Å². The molecule has 0 saturated carbocycles. The first-order chi connectivity index (χ1) is 11.8. The third-order valence-corrected chi connectivity index (χ3v) is 3.88. The predicted octanol–water partition coefficient (Wildman–Crippen LogP) is 3.82. The van der Waals surface area contributed by atoms with Crippen LogP contribution in [0.15, 0.2) is 42.5 Å². The van der Waals surface area contributed by atoms with Crippen molar-refractivity contribution in [3.05, 3.63) is 65.0 Å². The zero-order chi connectivity index (χ0) is 18.4. The Labute approximate surface area is 147 Å². The van der Waals surface area contributed by atoms with Crippen molar-refractivity contribution in [1.29, 1.82) is 0 Å². The number of benzene rings is 2. The lowest BCUT2D eigenvalue weighted by Crippen LogP contribution is -2.31. The van der Waals surface area contributed by atoms with Crippen LogP contribution in [0.5, 0.6) is 0 Å². The summed E-state index contributed by atoms with van der Waals surface area (Å²) in [6, 6.07) is 12.2. The summed E-state index contributed by atoms with van der Waals surface area (Å²) in [5.74, 6) is -0.722. The lowest BCUT2D eigenvalue weighted by molar-refractivity contribution is -0.130. The second kappa shape index (κ2) is 8.42. The Balaban J connectivity index is 1.95. The average Bonchev–Trinajstić information content (AvgIpc) is 2.51. The molecule has 0 saturated heterocycles. The van der Waals surface area contributed by atoms with E-state index in [-0.39, 0.29) is 37.1 Å². The lowest BCUT2D eigenvalue weighted by Gasteiger charge is -2.21. The van der Waals surface area contributed by atoms with Gasteiger partial charge in [-0.3, -0.25) is 9.59 Å². The Morgan fingerprint density at radius 3 is 2.32 bits per heavy atom. The van der Waals surface area contributed by atoms with E-state index in [0.717, 1.165) is 16.8 Å². The zero-order valence-corrected chi connectivity index (χ0v) is 14.8. The molecule has 0 aliphatic carbocycles. The van der Waals surface area contributed by atoms with Crippen LogP contribution in [0.1, 0.15) is 30.0 Å². The summed E-state index contributed by atoms with van der Waals surface area (Å²) >= 11 is 0. The van der Waals surface area contributed by atoms with E-state index in [1.165, 1.54) is 17.9 Å². The minimum atomic E-state index is -0.353. The molecular weight excluding hydrogens is 319 g/mol. The highest BCUT2D eigenvalue weighted by molar-refractivity contribution is 5.91. The molecule has 2 amide bonds. The predicted molar refractivity (Wildman–Crippen MR) is 96.7 cm³/mol. The molecule has 0 atom stereocenters. The highest BCUT2D eigenvalue weighted by Gasteiger charge is 2.14. The first kappa shape index (κ1) is 18.6. The van der Waals surface area contributed by atoms with E-state index in [1.807, 2.05) is 32.0 Å². The number of carbonyl (C=O) groups is 2. The van der Waals surface area contributed by atoms with Gasteiger partial charge in [-0.25, -0.2) is 4.39 Å². The van der Waals surface area contributed by atoms with Crippen molar-refractivity contribution >= 4 is 17.5 Å². The molecule has 132 valence electrons. The zero-order valence-electron chi connectivity index (χ0n) is 14.8. The fourth-order valence-corrected chi connectivity index (χ4v) is 2.69. The maximum Gasteiger partial charge on any atom is 0.226 e. The minimum absolute atomic E-state index is 0.152. The van der Waals surface area contributed by atoms with Gasteiger partial charge in [-0.1, -0.05) is 24.3 Å². The molecule has 0 unspecified atom stereocenters. The number of nitrogens with one attached hydrogen (secondary N) is 1. The summed E-state index contributed by atoms with van der Waals surface area (Å²) < 4.78 is 13.8. The number of anilines is 1. The smallest absolute Gasteiger partial charge is 0.226 e. The van der Waals surface area contributed by atoms with Crippen molar-refractivity contribution in [2.45, 2.75) is 33.7 Å². The molecule has 1 N–H and O–H groups in total. The van der Waals surface area contributed by atoms with E-state index >= 15 is 0 Å². The quantitative estimate of drug-likeness (QED) is 0.867. The molecule has 0 fully saturated rings. The molecule has 0 spiro atoms. The molecule has 5 heteroatoms. The van der Waals surface area contributed by atoms with Crippen molar-refractivity contribution in [2.24, 2.45) is 0 Å². The third kappa shape index (κ3) is 5.71. The number of rotatable bonds is 6. The van der Waals surface area contributed by atoms with Gasteiger partial charge in [0.1, 0.15) is 5.82 Å². The van der Waals surface area contributed by atoms with E-state index < -0.39 is 0 Å². The van der Waals surface area contributed by atoms with E-state index in [1.54, 1.807) is 18.2 Å². The molecule has 0 aliphatic heterocycles. The van der Waals surface area contributed by atoms with Gasteiger partial charge in [0.25, 0.3) is 0 Å². The van der Waals surface area contributed by atoms with Crippen LogP contribution in [0.3, 0.4) is 0 Å². The standard InChI is InChI=1S/C20H23FN2O2/c1-14-10-15(2)12-18(11-14)22-20(25)8-9-23(16(3)24)13-17-6-4-5-7-19(17)21/h4-7,10-12H,8-9,13H2,1-3H3,(H,22,25). The van der Waals surface area contributed by atoms with Crippen molar-refractivity contribution in [1.82, 2.24) is 4.90 Å². The van der Waals surface area contributed by atoms with Crippen LogP contribution in [0.4, 0.5) is 10.1 Å². The second-order valence-electron chi connectivity index (χ2n) is 6.21. The van der Waals surface area contributed by atoms with Gasteiger partial charge in [0.15, 0.2) is 0 Å². The normalized spacial score (nSPS) is 10.4. The Hall–Kier alpha value is -2.69. The van der Waals surface area contributed by atoms with Gasteiger partial charge in [-0.15, -0.1) is 0 Å². The summed E-state index contributed by atoms with van der Waals surface area (Å²) in [6.45, 7) is 5.74. The van der Waals surface area contributed by atoms with Crippen LogP contribution in [-0.4, -0.2) is 23.3 Å². The molecule has 25 heavy (non-hydrogen) atoms. The number of halogens is 1. The maximum atomic E-state index is 13.8. The summed E-state index contributed by atoms with van der Waals surface area (Å²) in [4.78, 5) is 25.4. The van der Waals surface area contributed by atoms with E-state index in [9.17, 15) is 14.0 Å². The van der Waals surface area contributed by atoms with Gasteiger partial charge < -0.3 is 10.2 Å². The molecule has 2 rings (SSSR count). The first-order valence-corrected chi connectivity index (χ1v) is 8.22. The van der Waals surface area contributed by atoms with E-state index in [0.29, 0.717) is 5.56 Å².